The molecule has 2 aromatic rings. The molecule has 1 heterocycles. The second-order valence-corrected chi connectivity index (χ2v) is 5.34. The van der Waals surface area contributed by atoms with Crippen LogP contribution in [0.2, 0.25) is 0 Å². The third kappa shape index (κ3) is 2.30. The topological polar surface area (TPSA) is 37.4 Å². The van der Waals surface area contributed by atoms with E-state index in [1.807, 2.05) is 6.92 Å². The van der Waals surface area contributed by atoms with E-state index in [1.165, 1.54) is 0 Å². The minimum absolute atomic E-state index is 0.335. The van der Waals surface area contributed by atoms with Gasteiger partial charge in [0.15, 0.2) is 0 Å². The van der Waals surface area contributed by atoms with Crippen molar-refractivity contribution in [1.82, 2.24) is 0 Å². The highest BCUT2D eigenvalue weighted by atomic mass is 19.1. The number of benzene rings is 2. The zero-order valence-electron chi connectivity index (χ0n) is 12.3. The molecule has 0 saturated heterocycles. The first-order valence-electron chi connectivity index (χ1n) is 7.35. The second kappa shape index (κ2) is 5.72. The second-order valence-electron chi connectivity index (χ2n) is 5.34. The number of nitrogens with zero attached hydrogens (tertiary/aromatic N) is 1. The molecule has 2 amide bonds. The maximum absolute atomic E-state index is 13.9. The molecule has 0 aromatic heterocycles. The quantitative estimate of drug-likeness (QED) is 0.789. The molecule has 0 bridgehead atoms. The van der Waals surface area contributed by atoms with Crippen LogP contribution >= 0.6 is 0 Å². The number of rotatable bonds is 4. The van der Waals surface area contributed by atoms with Gasteiger partial charge in [-0.25, -0.2) is 9.29 Å². The molecule has 22 heavy (non-hydrogen) atoms. The van der Waals surface area contributed by atoms with E-state index in [0.717, 1.165) is 11.3 Å². The smallest absolute Gasteiger partial charge is 0.266 e. The molecule has 1 atom stereocenters. The first-order chi connectivity index (χ1) is 10.6. The Labute approximate surface area is 128 Å². The lowest BCUT2D eigenvalue weighted by Crippen LogP contribution is -2.29. The number of halogens is 1. The molecule has 0 N–H and O–H groups in total. The fourth-order valence-electron chi connectivity index (χ4n) is 2.68. The van der Waals surface area contributed by atoms with E-state index < -0.39 is 6.17 Å². The standard InChI is InChI=1S/C18H16FNO2/c1-2-5-16(19)12-8-10-13(11-9-12)20-17(21)14-6-3-4-7-15(14)18(20)22/h3-4,6-11,16H,2,5H2,1H3. The van der Waals surface area contributed by atoms with Crippen molar-refractivity contribution in [3.05, 3.63) is 65.2 Å². The zero-order chi connectivity index (χ0) is 15.7. The van der Waals surface area contributed by atoms with Gasteiger partial charge in [0.25, 0.3) is 11.8 Å². The predicted octanol–water partition coefficient (Wildman–Crippen LogP) is 4.30. The van der Waals surface area contributed by atoms with Gasteiger partial charge < -0.3 is 0 Å². The Bertz CT molecular complexity index is 689. The number of fused-ring (bicyclic) bond motifs is 1. The van der Waals surface area contributed by atoms with Gasteiger partial charge >= 0.3 is 0 Å². The molecule has 112 valence electrons. The van der Waals surface area contributed by atoms with Crippen molar-refractivity contribution in [2.24, 2.45) is 0 Å². The molecule has 0 fully saturated rings. The van der Waals surface area contributed by atoms with Gasteiger partial charge in [0.05, 0.1) is 16.8 Å². The zero-order valence-corrected chi connectivity index (χ0v) is 12.3. The van der Waals surface area contributed by atoms with Crippen molar-refractivity contribution in [2.75, 3.05) is 4.90 Å². The average molecular weight is 297 g/mol. The summed E-state index contributed by atoms with van der Waals surface area (Å²) in [5.74, 6) is -0.669. The lowest BCUT2D eigenvalue weighted by Gasteiger charge is -2.15. The summed E-state index contributed by atoms with van der Waals surface area (Å²) >= 11 is 0. The summed E-state index contributed by atoms with van der Waals surface area (Å²) in [5.41, 5.74) is 1.86. The van der Waals surface area contributed by atoms with Gasteiger partial charge in [-0.3, -0.25) is 9.59 Å². The van der Waals surface area contributed by atoms with E-state index in [-0.39, 0.29) is 11.8 Å². The Morgan fingerprint density at radius 2 is 1.50 bits per heavy atom. The average Bonchev–Trinajstić information content (AvgIpc) is 2.80. The highest BCUT2D eigenvalue weighted by molar-refractivity contribution is 6.34. The number of amides is 2. The minimum Gasteiger partial charge on any atom is -0.268 e. The molecule has 4 heteroatoms. The van der Waals surface area contributed by atoms with Crippen LogP contribution in [0.25, 0.3) is 0 Å². The Hall–Kier alpha value is -2.49. The van der Waals surface area contributed by atoms with E-state index in [9.17, 15) is 14.0 Å². The van der Waals surface area contributed by atoms with Crippen molar-refractivity contribution < 1.29 is 14.0 Å². The van der Waals surface area contributed by atoms with Gasteiger partial charge in [-0.15, -0.1) is 0 Å². The molecule has 1 unspecified atom stereocenters. The number of hydrogen-bond acceptors (Lipinski definition) is 2. The largest absolute Gasteiger partial charge is 0.268 e. The Kier molecular flexibility index (Phi) is 3.75. The van der Waals surface area contributed by atoms with Crippen LogP contribution in [0.4, 0.5) is 10.1 Å². The third-order valence-electron chi connectivity index (χ3n) is 3.85. The van der Waals surface area contributed by atoms with E-state index in [0.29, 0.717) is 28.8 Å². The van der Waals surface area contributed by atoms with Crippen LogP contribution in [0.5, 0.6) is 0 Å². The monoisotopic (exact) mass is 297 g/mol. The molecule has 1 aliphatic heterocycles. The summed E-state index contributed by atoms with van der Waals surface area (Å²) < 4.78 is 13.9. The molecule has 0 aliphatic carbocycles. The molecular weight excluding hydrogens is 281 g/mol. The van der Waals surface area contributed by atoms with Gasteiger partial charge in [-0.2, -0.15) is 0 Å². The summed E-state index contributed by atoms with van der Waals surface area (Å²) in [7, 11) is 0. The molecule has 3 rings (SSSR count). The third-order valence-corrected chi connectivity index (χ3v) is 3.85. The Morgan fingerprint density at radius 1 is 0.955 bits per heavy atom. The van der Waals surface area contributed by atoms with Crippen molar-refractivity contribution in [3.63, 3.8) is 0 Å². The Balaban J connectivity index is 1.90. The molecule has 0 saturated carbocycles. The van der Waals surface area contributed by atoms with Gasteiger partial charge in [-0.05, 0) is 36.2 Å². The maximum atomic E-state index is 13.9. The Morgan fingerprint density at radius 3 is 2.00 bits per heavy atom. The summed E-state index contributed by atoms with van der Waals surface area (Å²) in [5, 5.41) is 0. The lowest BCUT2D eigenvalue weighted by atomic mass is 10.1. The molecular formula is C18H16FNO2. The molecule has 1 aliphatic rings. The van der Waals surface area contributed by atoms with Crippen molar-refractivity contribution in [1.29, 1.82) is 0 Å². The van der Waals surface area contributed by atoms with Crippen molar-refractivity contribution in [3.8, 4) is 0 Å². The van der Waals surface area contributed by atoms with Gasteiger partial charge in [0, 0.05) is 0 Å². The molecule has 3 nitrogen and oxygen atoms in total. The molecule has 0 spiro atoms. The van der Waals surface area contributed by atoms with Crippen LogP contribution in [-0.4, -0.2) is 11.8 Å². The van der Waals surface area contributed by atoms with Crippen LogP contribution in [0.3, 0.4) is 0 Å². The number of hydrogen-bond donors (Lipinski definition) is 0. The van der Waals surface area contributed by atoms with Crippen molar-refractivity contribution in [2.45, 2.75) is 25.9 Å². The summed E-state index contributed by atoms with van der Waals surface area (Å²) in [6, 6.07) is 13.3. The minimum atomic E-state index is -1.01. The van der Waals surface area contributed by atoms with Crippen LogP contribution in [-0.2, 0) is 0 Å². The summed E-state index contributed by atoms with van der Waals surface area (Å²) in [6.45, 7) is 1.93. The van der Waals surface area contributed by atoms with E-state index >= 15 is 0 Å². The van der Waals surface area contributed by atoms with Crippen LogP contribution in [0.15, 0.2) is 48.5 Å². The SMILES string of the molecule is CCCC(F)c1ccc(N2C(=O)c3ccccc3C2=O)cc1. The number of imide groups is 1. The molecule has 2 aromatic carbocycles. The van der Waals surface area contributed by atoms with E-state index in [4.69, 9.17) is 0 Å². The first kappa shape index (κ1) is 14.4. The summed E-state index contributed by atoms with van der Waals surface area (Å²) in [4.78, 5) is 25.9. The van der Waals surface area contributed by atoms with Crippen LogP contribution < -0.4 is 4.90 Å². The van der Waals surface area contributed by atoms with Gasteiger partial charge in [0.2, 0.25) is 0 Å². The number of alkyl halides is 1. The van der Waals surface area contributed by atoms with Crippen LogP contribution in [0.1, 0.15) is 52.2 Å². The van der Waals surface area contributed by atoms with E-state index in [2.05, 4.69) is 0 Å². The highest BCUT2D eigenvalue weighted by Crippen LogP contribution is 2.30. The maximum Gasteiger partial charge on any atom is 0.266 e. The number of carbonyl (C=O) groups is 2. The van der Waals surface area contributed by atoms with E-state index in [1.54, 1.807) is 48.5 Å². The van der Waals surface area contributed by atoms with Gasteiger partial charge in [-0.1, -0.05) is 37.6 Å². The van der Waals surface area contributed by atoms with Crippen LogP contribution in [0, 0.1) is 0 Å². The normalized spacial score (nSPS) is 15.1. The lowest BCUT2D eigenvalue weighted by molar-refractivity contribution is 0.0926. The van der Waals surface area contributed by atoms with Gasteiger partial charge in [0.1, 0.15) is 6.17 Å². The number of carbonyl (C=O) groups excluding carboxylic acids is 2. The first-order valence-corrected chi connectivity index (χ1v) is 7.35. The molecule has 0 radical (unpaired) electrons. The van der Waals surface area contributed by atoms with Crippen molar-refractivity contribution >= 4 is 17.5 Å². The predicted molar refractivity (Wildman–Crippen MR) is 82.8 cm³/mol. The fourth-order valence-corrected chi connectivity index (χ4v) is 2.68. The summed E-state index contributed by atoms with van der Waals surface area (Å²) in [6.07, 6.45) is 0.217. The fraction of sp³-hybridized carbons (Fsp3) is 0.222. The highest BCUT2D eigenvalue weighted by Gasteiger charge is 2.36. The number of anilines is 1.